The predicted octanol–water partition coefficient (Wildman–Crippen LogP) is 14.1. The van der Waals surface area contributed by atoms with Crippen molar-refractivity contribution in [3.05, 3.63) is 217 Å². The highest BCUT2D eigenvalue weighted by Gasteiger charge is 2.24. The van der Waals surface area contributed by atoms with Crippen LogP contribution in [0.15, 0.2) is 211 Å². The van der Waals surface area contributed by atoms with Gasteiger partial charge in [0, 0.05) is 46.1 Å². The van der Waals surface area contributed by atoms with Crippen molar-refractivity contribution in [1.82, 2.24) is 4.90 Å². The average Bonchev–Trinajstić information content (AvgIpc) is 3.64. The maximum absolute atomic E-state index is 6.75. The van der Waals surface area contributed by atoms with E-state index in [0.717, 1.165) is 50.1 Å². The van der Waals surface area contributed by atoms with Crippen LogP contribution >= 0.6 is 0 Å². The van der Waals surface area contributed by atoms with Crippen molar-refractivity contribution in [3.8, 4) is 22.3 Å². The Morgan fingerprint density at radius 3 is 1.76 bits per heavy atom. The Morgan fingerprint density at radius 2 is 1.05 bits per heavy atom. The number of para-hydroxylation sites is 1. The molecule has 10 rings (SSSR count). The second kappa shape index (κ2) is 13.7. The summed E-state index contributed by atoms with van der Waals surface area (Å²) in [4.78, 5) is 4.69. The molecular formula is C52H38N2O. The quantitative estimate of drug-likeness (QED) is 0.164. The lowest BCUT2D eigenvalue weighted by molar-refractivity contribution is 0.412. The highest BCUT2D eigenvalue weighted by molar-refractivity contribution is 6.24. The van der Waals surface area contributed by atoms with Gasteiger partial charge in [0.2, 0.25) is 0 Å². The van der Waals surface area contributed by atoms with Crippen molar-refractivity contribution < 1.29 is 4.42 Å². The van der Waals surface area contributed by atoms with Crippen LogP contribution < -0.4 is 4.90 Å². The van der Waals surface area contributed by atoms with Crippen LogP contribution in [0.1, 0.15) is 17.2 Å². The van der Waals surface area contributed by atoms with E-state index in [-0.39, 0.29) is 6.04 Å². The molecule has 1 unspecified atom stereocenters. The van der Waals surface area contributed by atoms with E-state index in [9.17, 15) is 0 Å². The summed E-state index contributed by atoms with van der Waals surface area (Å²) in [6.45, 7) is 0. The molecule has 1 atom stereocenters. The van der Waals surface area contributed by atoms with Gasteiger partial charge in [0.15, 0.2) is 0 Å². The molecule has 0 aliphatic carbocycles. The molecule has 0 amide bonds. The summed E-state index contributed by atoms with van der Waals surface area (Å²) in [5, 5.41) is 4.68. The first-order chi connectivity index (χ1) is 27.2. The van der Waals surface area contributed by atoms with Gasteiger partial charge in [-0.2, -0.15) is 0 Å². The number of likely N-dealkylation sites (N-methyl/N-ethyl adjacent to an activating group) is 1. The van der Waals surface area contributed by atoms with E-state index in [4.69, 9.17) is 4.42 Å². The molecule has 0 radical (unpaired) electrons. The van der Waals surface area contributed by atoms with Crippen LogP contribution in [0.25, 0.3) is 60.7 Å². The van der Waals surface area contributed by atoms with Crippen LogP contribution in [-0.4, -0.2) is 11.9 Å². The number of benzene rings is 8. The lowest BCUT2D eigenvalue weighted by Gasteiger charge is -2.33. The second-order valence-corrected chi connectivity index (χ2v) is 14.2. The SMILES string of the molecule is CN1C(c2cccc3oc4cc(-c5ccc(N(c6ccccc6)c6ccc(-c7ccccc7)cc6)cc5)c5ccccc5c4c23)=CC=CC1c1ccccc1. The van der Waals surface area contributed by atoms with Crippen LogP contribution in [0.5, 0.6) is 0 Å². The van der Waals surface area contributed by atoms with Crippen molar-refractivity contribution in [2.24, 2.45) is 0 Å². The summed E-state index contributed by atoms with van der Waals surface area (Å²) in [5.41, 5.74) is 13.4. The molecule has 3 nitrogen and oxygen atoms in total. The minimum absolute atomic E-state index is 0.146. The van der Waals surface area contributed by atoms with Gasteiger partial charge in [-0.3, -0.25) is 0 Å². The molecule has 0 N–H and O–H groups in total. The summed E-state index contributed by atoms with van der Waals surface area (Å²) < 4.78 is 6.75. The zero-order valence-corrected chi connectivity index (χ0v) is 30.5. The maximum atomic E-state index is 6.75. The minimum atomic E-state index is 0.146. The molecule has 8 aromatic carbocycles. The van der Waals surface area contributed by atoms with Gasteiger partial charge in [0.25, 0.3) is 0 Å². The van der Waals surface area contributed by atoms with Gasteiger partial charge in [0.1, 0.15) is 11.2 Å². The van der Waals surface area contributed by atoms with Crippen molar-refractivity contribution in [2.75, 3.05) is 11.9 Å². The first kappa shape index (κ1) is 32.5. The third kappa shape index (κ3) is 5.78. The van der Waals surface area contributed by atoms with Gasteiger partial charge in [-0.05, 0) is 93.2 Å². The minimum Gasteiger partial charge on any atom is -0.456 e. The molecule has 3 heteroatoms. The summed E-state index contributed by atoms with van der Waals surface area (Å²) >= 11 is 0. The molecule has 0 saturated heterocycles. The molecule has 1 aromatic heterocycles. The number of furan rings is 1. The summed E-state index contributed by atoms with van der Waals surface area (Å²) in [5.74, 6) is 0. The monoisotopic (exact) mass is 706 g/mol. The molecule has 55 heavy (non-hydrogen) atoms. The molecule has 0 saturated carbocycles. The summed E-state index contributed by atoms with van der Waals surface area (Å²) in [7, 11) is 2.19. The van der Waals surface area contributed by atoms with Gasteiger partial charge in [-0.1, -0.05) is 152 Å². The van der Waals surface area contributed by atoms with Gasteiger partial charge in [0.05, 0.1) is 6.04 Å². The highest BCUT2D eigenvalue weighted by atomic mass is 16.3. The summed E-state index contributed by atoms with van der Waals surface area (Å²) in [6.07, 6.45) is 6.67. The van der Waals surface area contributed by atoms with Crippen LogP contribution in [-0.2, 0) is 0 Å². The Labute approximate surface area is 321 Å². The first-order valence-corrected chi connectivity index (χ1v) is 18.9. The van der Waals surface area contributed by atoms with E-state index in [0.29, 0.717) is 0 Å². The first-order valence-electron chi connectivity index (χ1n) is 18.9. The van der Waals surface area contributed by atoms with Crippen molar-refractivity contribution in [3.63, 3.8) is 0 Å². The van der Waals surface area contributed by atoms with Crippen LogP contribution in [0.2, 0.25) is 0 Å². The molecule has 0 bridgehead atoms. The smallest absolute Gasteiger partial charge is 0.136 e. The van der Waals surface area contributed by atoms with Gasteiger partial charge >= 0.3 is 0 Å². The highest BCUT2D eigenvalue weighted by Crippen LogP contribution is 2.45. The second-order valence-electron chi connectivity index (χ2n) is 14.2. The number of rotatable bonds is 7. The van der Waals surface area contributed by atoms with Gasteiger partial charge in [-0.25, -0.2) is 0 Å². The fourth-order valence-electron chi connectivity index (χ4n) is 8.29. The standard InChI is InChI=1S/C52H38N2O/c1-53-47(39-17-7-3-8-18-39)24-14-25-48(53)45-23-13-26-49-52(45)51-44-22-12-11-21-43(44)46(35-50(51)55-49)38-29-33-42(34-30-38)54(40-19-9-4-10-20-40)41-31-27-37(28-32-41)36-15-5-2-6-16-36/h2-35,47H,1H3. The van der Waals surface area contributed by atoms with Crippen LogP contribution in [0, 0.1) is 0 Å². The van der Waals surface area contributed by atoms with E-state index >= 15 is 0 Å². The van der Waals surface area contributed by atoms with E-state index < -0.39 is 0 Å². The molecule has 1 aliphatic heterocycles. The number of anilines is 3. The number of nitrogens with zero attached hydrogens (tertiary/aromatic N) is 2. The van der Waals surface area contributed by atoms with Crippen LogP contribution in [0.3, 0.4) is 0 Å². The van der Waals surface area contributed by atoms with Crippen molar-refractivity contribution in [2.45, 2.75) is 6.04 Å². The number of hydrogen-bond donors (Lipinski definition) is 0. The lowest BCUT2D eigenvalue weighted by atomic mass is 9.92. The number of allylic oxidation sites excluding steroid dienone is 2. The van der Waals surface area contributed by atoms with Crippen molar-refractivity contribution >= 4 is 55.5 Å². The van der Waals surface area contributed by atoms with Crippen molar-refractivity contribution in [1.29, 1.82) is 0 Å². The Kier molecular flexibility index (Phi) is 8.11. The Hall–Kier alpha value is -7.10. The van der Waals surface area contributed by atoms with Gasteiger partial charge < -0.3 is 14.2 Å². The zero-order valence-electron chi connectivity index (χ0n) is 30.5. The fraction of sp³-hybridized carbons (Fsp3) is 0.0385. The zero-order chi connectivity index (χ0) is 36.7. The molecule has 262 valence electrons. The molecule has 0 fully saturated rings. The third-order valence-electron chi connectivity index (χ3n) is 10.9. The Balaban J connectivity index is 1.06. The topological polar surface area (TPSA) is 19.6 Å². The predicted molar refractivity (Wildman–Crippen MR) is 231 cm³/mol. The van der Waals surface area contributed by atoms with E-state index in [1.165, 1.54) is 38.7 Å². The number of fused-ring (bicyclic) bond motifs is 5. The van der Waals surface area contributed by atoms with E-state index in [2.05, 4.69) is 223 Å². The van der Waals surface area contributed by atoms with E-state index in [1.807, 2.05) is 0 Å². The largest absolute Gasteiger partial charge is 0.456 e. The van der Waals surface area contributed by atoms with Crippen LogP contribution in [0.4, 0.5) is 17.1 Å². The van der Waals surface area contributed by atoms with E-state index in [1.54, 1.807) is 0 Å². The molecule has 1 aliphatic rings. The lowest BCUT2D eigenvalue weighted by Crippen LogP contribution is -2.23. The number of hydrogen-bond acceptors (Lipinski definition) is 3. The normalized spacial score (nSPS) is 14.1. The summed E-state index contributed by atoms with van der Waals surface area (Å²) in [6, 6.07) is 67.1. The molecule has 0 spiro atoms. The Bertz CT molecular complexity index is 2850. The maximum Gasteiger partial charge on any atom is 0.136 e. The van der Waals surface area contributed by atoms with Gasteiger partial charge in [-0.15, -0.1) is 0 Å². The fourth-order valence-corrected chi connectivity index (χ4v) is 8.29. The molecule has 9 aromatic rings. The average molecular weight is 707 g/mol. The molecule has 2 heterocycles. The molecular weight excluding hydrogens is 669 g/mol. The third-order valence-corrected chi connectivity index (χ3v) is 10.9. The Morgan fingerprint density at radius 1 is 0.473 bits per heavy atom.